The van der Waals surface area contributed by atoms with Gasteiger partial charge in [-0.1, -0.05) is 61.2 Å². The van der Waals surface area contributed by atoms with Crippen LogP contribution in [0.2, 0.25) is 0 Å². The van der Waals surface area contributed by atoms with Crippen molar-refractivity contribution in [2.24, 2.45) is 17.3 Å². The van der Waals surface area contributed by atoms with Crippen molar-refractivity contribution in [3.63, 3.8) is 0 Å². The van der Waals surface area contributed by atoms with Crippen molar-refractivity contribution in [2.75, 3.05) is 5.33 Å². The molecule has 0 aromatic heterocycles. The van der Waals surface area contributed by atoms with Crippen molar-refractivity contribution in [3.8, 4) is 11.5 Å². The molecule has 4 atom stereocenters. The first kappa shape index (κ1) is 20.3. The van der Waals surface area contributed by atoms with Gasteiger partial charge >= 0.3 is 0 Å². The molecule has 4 unspecified atom stereocenters. The molecule has 2 saturated carbocycles. The van der Waals surface area contributed by atoms with Crippen molar-refractivity contribution in [2.45, 2.75) is 83.5 Å². The SMILES string of the molecule is CCC(CC)(CCCCCBr)c1cc(O)c(C23C=C(C)C4CC2C43C)c(O)c1. The van der Waals surface area contributed by atoms with Gasteiger partial charge in [-0.15, -0.1) is 0 Å². The van der Waals surface area contributed by atoms with E-state index in [4.69, 9.17) is 0 Å². The van der Waals surface area contributed by atoms with Crippen molar-refractivity contribution in [3.05, 3.63) is 34.9 Å². The first-order valence-corrected chi connectivity index (χ1v) is 12.3. The Morgan fingerprint density at radius 1 is 1.11 bits per heavy atom. The average Bonchev–Trinajstić information content (AvgIpc) is 2.96. The summed E-state index contributed by atoms with van der Waals surface area (Å²) in [5.74, 6) is 1.84. The molecule has 0 bridgehead atoms. The van der Waals surface area contributed by atoms with Crippen molar-refractivity contribution < 1.29 is 10.2 Å². The van der Waals surface area contributed by atoms with E-state index in [0.29, 0.717) is 23.3 Å². The van der Waals surface area contributed by atoms with Crippen molar-refractivity contribution in [1.29, 1.82) is 0 Å². The highest BCUT2D eigenvalue weighted by Crippen LogP contribution is 2.89. The van der Waals surface area contributed by atoms with Crippen LogP contribution in [-0.4, -0.2) is 15.5 Å². The van der Waals surface area contributed by atoms with Gasteiger partial charge in [0.15, 0.2) is 0 Å². The molecule has 2 fully saturated rings. The van der Waals surface area contributed by atoms with Crippen LogP contribution in [-0.2, 0) is 10.8 Å². The van der Waals surface area contributed by atoms with Gasteiger partial charge in [-0.2, -0.15) is 0 Å². The minimum Gasteiger partial charge on any atom is -0.507 e. The standard InChI is InChI=1S/C25H35BrO2/c1-5-24(6-2,10-8-7-9-11-26)17-12-19(27)22(20(28)13-17)25-15-16(3)18-14-21(25)23(18,25)4/h12-13,15,18,21,27-28H,5-11,14H2,1-4H3. The second kappa shape index (κ2) is 6.79. The summed E-state index contributed by atoms with van der Waals surface area (Å²) in [5, 5.41) is 23.3. The lowest BCUT2D eigenvalue weighted by Gasteiger charge is -2.33. The molecule has 0 amide bonds. The van der Waals surface area contributed by atoms with E-state index in [0.717, 1.165) is 35.7 Å². The highest BCUT2D eigenvalue weighted by atomic mass is 79.9. The molecule has 2 nitrogen and oxygen atoms in total. The minimum absolute atomic E-state index is 0.0356. The summed E-state index contributed by atoms with van der Waals surface area (Å²) in [6.45, 7) is 9.04. The third-order valence-corrected chi connectivity index (χ3v) is 9.61. The number of halogens is 1. The number of hydrogen-bond donors (Lipinski definition) is 2. The summed E-state index contributed by atoms with van der Waals surface area (Å²) in [6, 6.07) is 3.97. The number of allylic oxidation sites excluding steroid dienone is 2. The van der Waals surface area contributed by atoms with E-state index in [1.54, 1.807) is 0 Å². The van der Waals surface area contributed by atoms with Crippen LogP contribution in [0.1, 0.15) is 83.8 Å². The van der Waals surface area contributed by atoms with Gasteiger partial charge in [-0.05, 0) is 79.4 Å². The van der Waals surface area contributed by atoms with Crippen LogP contribution in [0.5, 0.6) is 11.5 Å². The maximum Gasteiger partial charge on any atom is 0.123 e. The molecule has 28 heavy (non-hydrogen) atoms. The molecular formula is C25H35BrO2. The van der Waals surface area contributed by atoms with Gasteiger partial charge in [0.2, 0.25) is 0 Å². The number of rotatable bonds is 9. The van der Waals surface area contributed by atoms with Crippen LogP contribution >= 0.6 is 15.9 Å². The van der Waals surface area contributed by atoms with E-state index in [1.165, 1.54) is 31.3 Å². The molecule has 1 aromatic carbocycles. The zero-order chi connectivity index (χ0) is 20.3. The van der Waals surface area contributed by atoms with Crippen LogP contribution in [0.3, 0.4) is 0 Å². The first-order chi connectivity index (χ1) is 13.3. The largest absolute Gasteiger partial charge is 0.507 e. The van der Waals surface area contributed by atoms with Gasteiger partial charge < -0.3 is 10.2 Å². The fourth-order valence-electron chi connectivity index (χ4n) is 7.17. The van der Waals surface area contributed by atoms with Crippen LogP contribution in [0, 0.1) is 17.3 Å². The Morgan fingerprint density at radius 2 is 1.75 bits per heavy atom. The summed E-state index contributed by atoms with van der Waals surface area (Å²) in [5.41, 5.74) is 3.47. The fraction of sp³-hybridized carbons (Fsp3) is 0.680. The number of hydrogen-bond acceptors (Lipinski definition) is 2. The van der Waals surface area contributed by atoms with Gasteiger partial charge in [0.25, 0.3) is 0 Å². The predicted octanol–water partition coefficient (Wildman–Crippen LogP) is 6.96. The lowest BCUT2D eigenvalue weighted by molar-refractivity contribution is 0.221. The molecule has 1 aromatic rings. The van der Waals surface area contributed by atoms with Gasteiger partial charge in [0, 0.05) is 16.3 Å². The monoisotopic (exact) mass is 446 g/mol. The molecule has 0 heterocycles. The molecule has 2 N–H and O–H groups in total. The van der Waals surface area contributed by atoms with Crippen molar-refractivity contribution in [1.82, 2.24) is 0 Å². The highest BCUT2D eigenvalue weighted by Gasteiger charge is 2.86. The summed E-state index contributed by atoms with van der Waals surface area (Å²) in [6.07, 6.45) is 10.3. The zero-order valence-corrected chi connectivity index (χ0v) is 19.4. The smallest absolute Gasteiger partial charge is 0.123 e. The van der Waals surface area contributed by atoms with E-state index in [2.05, 4.69) is 49.7 Å². The van der Waals surface area contributed by atoms with E-state index in [9.17, 15) is 10.2 Å². The first-order valence-electron chi connectivity index (χ1n) is 11.1. The molecule has 3 aliphatic rings. The Kier molecular flexibility index (Phi) is 4.93. The lowest BCUT2D eigenvalue weighted by atomic mass is 9.71. The maximum atomic E-state index is 11.1. The topological polar surface area (TPSA) is 40.5 Å². The van der Waals surface area contributed by atoms with Crippen molar-refractivity contribution >= 4 is 15.9 Å². The van der Waals surface area contributed by atoms with Gasteiger partial charge in [0.05, 0.1) is 0 Å². The van der Waals surface area contributed by atoms with Gasteiger partial charge in [-0.3, -0.25) is 0 Å². The summed E-state index contributed by atoms with van der Waals surface area (Å²) < 4.78 is 0. The van der Waals surface area contributed by atoms with Crippen LogP contribution < -0.4 is 0 Å². The maximum absolute atomic E-state index is 11.1. The Bertz CT molecular complexity index is 786. The predicted molar refractivity (Wildman–Crippen MR) is 119 cm³/mol. The van der Waals surface area contributed by atoms with E-state index < -0.39 is 0 Å². The summed E-state index contributed by atoms with van der Waals surface area (Å²) >= 11 is 3.52. The number of aromatic hydroxyl groups is 2. The number of unbranched alkanes of at least 4 members (excludes halogenated alkanes) is 2. The van der Waals surface area contributed by atoms with E-state index in [-0.39, 0.29) is 16.2 Å². The van der Waals surface area contributed by atoms with Crippen LogP contribution in [0.15, 0.2) is 23.8 Å². The third kappa shape index (κ3) is 2.38. The second-order valence-electron chi connectivity index (χ2n) is 9.76. The summed E-state index contributed by atoms with van der Waals surface area (Å²) in [4.78, 5) is 0. The Hall–Kier alpha value is -0.960. The fourth-order valence-corrected chi connectivity index (χ4v) is 7.57. The molecule has 3 heteroatoms. The van der Waals surface area contributed by atoms with E-state index >= 15 is 0 Å². The third-order valence-electron chi connectivity index (χ3n) is 9.05. The Balaban J connectivity index is 1.68. The number of phenols is 2. The Morgan fingerprint density at radius 3 is 2.21 bits per heavy atom. The molecule has 0 spiro atoms. The highest BCUT2D eigenvalue weighted by molar-refractivity contribution is 9.09. The van der Waals surface area contributed by atoms with Crippen LogP contribution in [0.25, 0.3) is 0 Å². The quantitative estimate of drug-likeness (QED) is 0.244. The van der Waals surface area contributed by atoms with Gasteiger partial charge in [-0.25, -0.2) is 0 Å². The molecule has 154 valence electrons. The molecule has 3 aliphatic carbocycles. The van der Waals surface area contributed by atoms with Gasteiger partial charge in [0.1, 0.15) is 11.5 Å². The van der Waals surface area contributed by atoms with Crippen LogP contribution in [0.4, 0.5) is 0 Å². The minimum atomic E-state index is -0.134. The zero-order valence-electron chi connectivity index (χ0n) is 17.8. The molecular weight excluding hydrogens is 412 g/mol. The lowest BCUT2D eigenvalue weighted by Crippen LogP contribution is -2.25. The average molecular weight is 447 g/mol. The van der Waals surface area contributed by atoms with E-state index in [1.807, 2.05) is 12.1 Å². The normalized spacial score (nSPS) is 32.7. The second-order valence-corrected chi connectivity index (χ2v) is 10.6. The number of fused-ring (bicyclic) bond motifs is 1. The summed E-state index contributed by atoms with van der Waals surface area (Å²) in [7, 11) is 0. The molecule has 0 radical (unpaired) electrons. The number of phenolic OH excluding ortho intramolecular Hbond substituents is 2. The number of alkyl halides is 1. The molecule has 0 aliphatic heterocycles. The molecule has 4 rings (SSSR count). The Labute approximate surface area is 178 Å². The number of benzene rings is 1. The molecule has 0 saturated heterocycles.